The van der Waals surface area contributed by atoms with Crippen molar-refractivity contribution >= 4 is 21.5 Å². The molecule has 1 aromatic heterocycles. The SMILES string of the molecule is C=C1c2cc(Br)ccc2CC12CCc1noc(C)c1C2. The molecule has 1 heterocycles. The van der Waals surface area contributed by atoms with Gasteiger partial charge in [-0.2, -0.15) is 0 Å². The first kappa shape index (κ1) is 12.4. The predicted octanol–water partition coefficient (Wildman–Crippen LogP) is 4.49. The second kappa shape index (κ2) is 4.08. The van der Waals surface area contributed by atoms with Crippen molar-refractivity contribution in [1.29, 1.82) is 0 Å². The zero-order valence-electron chi connectivity index (χ0n) is 11.5. The van der Waals surface area contributed by atoms with Gasteiger partial charge in [0, 0.05) is 15.5 Å². The maximum atomic E-state index is 5.36. The molecule has 0 amide bonds. The van der Waals surface area contributed by atoms with Crippen LogP contribution in [0.15, 0.2) is 33.8 Å². The number of hydrogen-bond acceptors (Lipinski definition) is 2. The molecule has 1 aromatic carbocycles. The van der Waals surface area contributed by atoms with E-state index >= 15 is 0 Å². The van der Waals surface area contributed by atoms with Crippen LogP contribution in [0.4, 0.5) is 0 Å². The molecule has 1 spiro atoms. The van der Waals surface area contributed by atoms with Crippen molar-refractivity contribution in [3.8, 4) is 0 Å². The largest absolute Gasteiger partial charge is 0.361 e. The standard InChI is InChI=1S/C17H16BrNO/c1-10-14-7-13(18)4-3-12(14)8-17(10)6-5-16-15(9-17)11(2)20-19-16/h3-4,7H,1,5-6,8-9H2,2H3. The molecule has 102 valence electrons. The summed E-state index contributed by atoms with van der Waals surface area (Å²) in [5, 5.41) is 4.19. The molecule has 1 atom stereocenters. The highest BCUT2D eigenvalue weighted by atomic mass is 79.9. The lowest BCUT2D eigenvalue weighted by Gasteiger charge is -2.34. The zero-order chi connectivity index (χ0) is 13.9. The number of aromatic nitrogens is 1. The summed E-state index contributed by atoms with van der Waals surface area (Å²) in [5.74, 6) is 0.976. The summed E-state index contributed by atoms with van der Waals surface area (Å²) in [6.07, 6.45) is 4.24. The van der Waals surface area contributed by atoms with Gasteiger partial charge in [0.25, 0.3) is 0 Å². The van der Waals surface area contributed by atoms with E-state index in [0.717, 1.165) is 41.6 Å². The van der Waals surface area contributed by atoms with Crippen LogP contribution in [0.1, 0.15) is 34.6 Å². The van der Waals surface area contributed by atoms with Crippen LogP contribution in [0.25, 0.3) is 5.57 Å². The summed E-state index contributed by atoms with van der Waals surface area (Å²) >= 11 is 3.57. The van der Waals surface area contributed by atoms with Crippen molar-refractivity contribution < 1.29 is 4.52 Å². The van der Waals surface area contributed by atoms with Gasteiger partial charge < -0.3 is 4.52 Å². The van der Waals surface area contributed by atoms with Gasteiger partial charge in [-0.15, -0.1) is 0 Å². The highest BCUT2D eigenvalue weighted by Gasteiger charge is 2.44. The van der Waals surface area contributed by atoms with Crippen molar-refractivity contribution in [3.05, 3.63) is 57.4 Å². The molecule has 20 heavy (non-hydrogen) atoms. The molecule has 0 saturated heterocycles. The van der Waals surface area contributed by atoms with Crippen LogP contribution >= 0.6 is 15.9 Å². The Balaban J connectivity index is 1.78. The molecule has 2 aliphatic carbocycles. The van der Waals surface area contributed by atoms with Crippen LogP contribution in [0.3, 0.4) is 0 Å². The van der Waals surface area contributed by atoms with Gasteiger partial charge >= 0.3 is 0 Å². The number of hydrogen-bond donors (Lipinski definition) is 0. The molecular formula is C17H16BrNO. The number of rotatable bonds is 0. The molecule has 0 aliphatic heterocycles. The lowest BCUT2D eigenvalue weighted by Crippen LogP contribution is -2.28. The van der Waals surface area contributed by atoms with Gasteiger partial charge in [0.2, 0.25) is 0 Å². The summed E-state index contributed by atoms with van der Waals surface area (Å²) in [5.41, 5.74) is 6.68. The average Bonchev–Trinajstić information content (AvgIpc) is 2.92. The van der Waals surface area contributed by atoms with Crippen molar-refractivity contribution in [1.82, 2.24) is 5.16 Å². The van der Waals surface area contributed by atoms with Gasteiger partial charge in [0.15, 0.2) is 0 Å². The zero-order valence-corrected chi connectivity index (χ0v) is 13.1. The first-order chi connectivity index (χ1) is 9.59. The van der Waals surface area contributed by atoms with E-state index in [4.69, 9.17) is 4.52 Å². The Kier molecular flexibility index (Phi) is 2.53. The van der Waals surface area contributed by atoms with Gasteiger partial charge in [-0.25, -0.2) is 0 Å². The van der Waals surface area contributed by atoms with Crippen LogP contribution in [-0.4, -0.2) is 5.16 Å². The minimum Gasteiger partial charge on any atom is -0.361 e. The van der Waals surface area contributed by atoms with Crippen molar-refractivity contribution in [2.45, 2.75) is 32.6 Å². The van der Waals surface area contributed by atoms with E-state index in [9.17, 15) is 0 Å². The number of allylic oxidation sites excluding steroid dienone is 1. The Morgan fingerprint density at radius 1 is 1.35 bits per heavy atom. The molecular weight excluding hydrogens is 314 g/mol. The molecule has 2 nitrogen and oxygen atoms in total. The maximum absolute atomic E-state index is 5.36. The molecule has 2 aliphatic rings. The Labute approximate surface area is 127 Å². The minimum atomic E-state index is 0.173. The van der Waals surface area contributed by atoms with Gasteiger partial charge in [0.05, 0.1) is 5.69 Å². The monoisotopic (exact) mass is 329 g/mol. The van der Waals surface area contributed by atoms with E-state index in [1.54, 1.807) is 0 Å². The Hall–Kier alpha value is -1.35. The Morgan fingerprint density at radius 3 is 3.05 bits per heavy atom. The number of fused-ring (bicyclic) bond motifs is 2. The van der Waals surface area contributed by atoms with Crippen LogP contribution in [0.5, 0.6) is 0 Å². The summed E-state index contributed by atoms with van der Waals surface area (Å²) in [6.45, 7) is 6.45. The molecule has 0 N–H and O–H groups in total. The molecule has 3 heteroatoms. The molecule has 0 fully saturated rings. The predicted molar refractivity (Wildman–Crippen MR) is 82.6 cm³/mol. The normalized spacial score (nSPS) is 24.0. The second-order valence-corrected chi connectivity index (χ2v) is 6.99. The molecule has 1 unspecified atom stereocenters. The fraction of sp³-hybridized carbons (Fsp3) is 0.353. The smallest absolute Gasteiger partial charge is 0.137 e. The van der Waals surface area contributed by atoms with E-state index in [0.29, 0.717) is 0 Å². The van der Waals surface area contributed by atoms with Crippen LogP contribution < -0.4 is 0 Å². The molecule has 0 bridgehead atoms. The van der Waals surface area contributed by atoms with Gasteiger partial charge in [-0.1, -0.05) is 33.7 Å². The molecule has 0 radical (unpaired) electrons. The first-order valence-corrected chi connectivity index (χ1v) is 7.81. The highest BCUT2D eigenvalue weighted by Crippen LogP contribution is 2.53. The third-order valence-electron chi connectivity index (χ3n) is 4.99. The second-order valence-electron chi connectivity index (χ2n) is 6.08. The summed E-state index contributed by atoms with van der Waals surface area (Å²) < 4.78 is 6.50. The Bertz CT molecular complexity index is 731. The molecule has 2 aromatic rings. The third-order valence-corrected chi connectivity index (χ3v) is 5.48. The number of nitrogens with zero attached hydrogens (tertiary/aromatic N) is 1. The minimum absolute atomic E-state index is 0.173. The van der Waals surface area contributed by atoms with E-state index in [-0.39, 0.29) is 5.41 Å². The van der Waals surface area contributed by atoms with Crippen molar-refractivity contribution in [2.75, 3.05) is 0 Å². The van der Waals surface area contributed by atoms with Crippen LogP contribution in [0, 0.1) is 12.3 Å². The van der Waals surface area contributed by atoms with Gasteiger partial charge in [-0.3, -0.25) is 0 Å². The fourth-order valence-corrected chi connectivity index (χ4v) is 4.15. The van der Waals surface area contributed by atoms with E-state index in [1.165, 1.54) is 22.3 Å². The average molecular weight is 330 g/mol. The summed E-state index contributed by atoms with van der Waals surface area (Å²) in [6, 6.07) is 6.57. The third kappa shape index (κ3) is 1.59. The lowest BCUT2D eigenvalue weighted by molar-refractivity contribution is 0.353. The summed E-state index contributed by atoms with van der Waals surface area (Å²) in [7, 11) is 0. The van der Waals surface area contributed by atoms with Gasteiger partial charge in [-0.05, 0) is 61.4 Å². The molecule has 0 saturated carbocycles. The Morgan fingerprint density at radius 2 is 2.20 bits per heavy atom. The van der Waals surface area contributed by atoms with Crippen molar-refractivity contribution in [3.63, 3.8) is 0 Å². The highest BCUT2D eigenvalue weighted by molar-refractivity contribution is 9.10. The number of halogens is 1. The quantitative estimate of drug-likeness (QED) is 0.711. The van der Waals surface area contributed by atoms with Crippen molar-refractivity contribution in [2.24, 2.45) is 5.41 Å². The van der Waals surface area contributed by atoms with Crippen LogP contribution in [0.2, 0.25) is 0 Å². The van der Waals surface area contributed by atoms with Crippen LogP contribution in [-0.2, 0) is 19.3 Å². The van der Waals surface area contributed by atoms with E-state index in [2.05, 4.69) is 45.9 Å². The topological polar surface area (TPSA) is 26.0 Å². The first-order valence-electron chi connectivity index (χ1n) is 7.01. The maximum Gasteiger partial charge on any atom is 0.137 e. The van der Waals surface area contributed by atoms with E-state index in [1.807, 2.05) is 6.92 Å². The fourth-order valence-electron chi connectivity index (χ4n) is 3.79. The number of benzene rings is 1. The molecule has 4 rings (SSSR count). The van der Waals surface area contributed by atoms with E-state index < -0.39 is 0 Å². The van der Waals surface area contributed by atoms with Gasteiger partial charge in [0.1, 0.15) is 5.76 Å². The lowest BCUT2D eigenvalue weighted by atomic mass is 9.69. The number of aryl methyl sites for hydroxylation is 2. The summed E-state index contributed by atoms with van der Waals surface area (Å²) in [4.78, 5) is 0.